The first-order valence-corrected chi connectivity index (χ1v) is 20.9. The van der Waals surface area contributed by atoms with Crippen LogP contribution >= 0.6 is 0 Å². The third kappa shape index (κ3) is 9.63. The minimum atomic E-state index is -0.690. The van der Waals surface area contributed by atoms with Crippen LogP contribution in [0.4, 0.5) is 4.39 Å². The lowest BCUT2D eigenvalue weighted by atomic mass is 9.91. The van der Waals surface area contributed by atoms with E-state index < -0.39 is 29.6 Å². The van der Waals surface area contributed by atoms with E-state index in [0.717, 1.165) is 24.0 Å². The fourth-order valence-corrected chi connectivity index (χ4v) is 8.35. The molecule has 0 bridgehead atoms. The quantitative estimate of drug-likeness (QED) is 0.0969. The molecule has 7 rings (SSSR count). The Kier molecular flexibility index (Phi) is 13.6. The van der Waals surface area contributed by atoms with Crippen molar-refractivity contribution in [2.75, 3.05) is 27.3 Å². The highest BCUT2D eigenvalue weighted by Crippen LogP contribution is 2.37. The molecule has 0 saturated carbocycles. The molecule has 12 nitrogen and oxygen atoms in total. The van der Waals surface area contributed by atoms with E-state index in [9.17, 15) is 19.2 Å². The Morgan fingerprint density at radius 2 is 1.35 bits per heavy atom. The number of carbonyl (C=O) groups excluding carboxylic acids is 4. The SMILES string of the molecule is COC(=O)C[C@H](C(=O)N1CCC[C@H]1c1ncc(-c2cc(F)c(C#CC#Cc3cnc([C@@H]4CCCN4C(=O)[C@H](CC(=O)OC)c4ccccc4)[nH]3)c(-c3ccccc3)c2)[nH]1)C(C)C. The Bertz CT molecular complexity index is 2550. The molecule has 0 radical (unpaired) electrons. The smallest absolute Gasteiger partial charge is 0.306 e. The highest BCUT2D eigenvalue weighted by atomic mass is 19.1. The van der Waals surface area contributed by atoms with Gasteiger partial charge in [-0.3, -0.25) is 19.2 Å². The van der Waals surface area contributed by atoms with Gasteiger partial charge < -0.3 is 29.2 Å². The number of benzene rings is 3. The molecule has 4 heterocycles. The van der Waals surface area contributed by atoms with E-state index in [-0.39, 0.29) is 48.2 Å². The first-order chi connectivity index (χ1) is 30.1. The lowest BCUT2D eigenvalue weighted by molar-refractivity contribution is -0.148. The summed E-state index contributed by atoms with van der Waals surface area (Å²) >= 11 is 0. The highest BCUT2D eigenvalue weighted by Gasteiger charge is 2.39. The lowest BCUT2D eigenvalue weighted by Crippen LogP contribution is -2.39. The summed E-state index contributed by atoms with van der Waals surface area (Å²) < 4.78 is 26.0. The van der Waals surface area contributed by atoms with E-state index in [1.54, 1.807) is 22.2 Å². The molecule has 62 heavy (non-hydrogen) atoms. The molecular weight excluding hydrogens is 788 g/mol. The number of rotatable bonds is 12. The van der Waals surface area contributed by atoms with Gasteiger partial charge in [-0.1, -0.05) is 74.5 Å². The van der Waals surface area contributed by atoms with Gasteiger partial charge in [-0.25, -0.2) is 14.4 Å². The predicted molar refractivity (Wildman–Crippen MR) is 230 cm³/mol. The van der Waals surface area contributed by atoms with Crippen LogP contribution in [0.1, 0.15) is 98.8 Å². The van der Waals surface area contributed by atoms with Crippen LogP contribution < -0.4 is 0 Å². The molecule has 2 saturated heterocycles. The zero-order valence-corrected chi connectivity index (χ0v) is 35.2. The van der Waals surface area contributed by atoms with Crippen LogP contribution in [0.2, 0.25) is 0 Å². The number of amides is 2. The maximum atomic E-state index is 16.2. The monoisotopic (exact) mass is 836 g/mol. The molecule has 3 aromatic carbocycles. The van der Waals surface area contributed by atoms with Crippen LogP contribution in [0.5, 0.6) is 0 Å². The average molecular weight is 837 g/mol. The molecule has 2 aliphatic heterocycles. The summed E-state index contributed by atoms with van der Waals surface area (Å²) in [7, 11) is 2.63. The molecule has 4 atom stereocenters. The second kappa shape index (κ2) is 19.6. The Labute approximate surface area is 360 Å². The minimum absolute atomic E-state index is 0.00657. The topological polar surface area (TPSA) is 151 Å². The van der Waals surface area contributed by atoms with E-state index in [1.165, 1.54) is 20.3 Å². The number of nitrogens with zero attached hydrogens (tertiary/aromatic N) is 4. The van der Waals surface area contributed by atoms with E-state index in [4.69, 9.17) is 9.47 Å². The Morgan fingerprint density at radius 1 is 0.758 bits per heavy atom. The summed E-state index contributed by atoms with van der Waals surface area (Å²) in [4.78, 5) is 71.5. The minimum Gasteiger partial charge on any atom is -0.469 e. The molecule has 2 N–H and O–H groups in total. The number of aromatic nitrogens is 4. The number of H-pyrrole nitrogens is 2. The number of imidazole rings is 2. The fourth-order valence-electron chi connectivity index (χ4n) is 8.35. The second-order valence-corrected chi connectivity index (χ2v) is 15.9. The number of carbonyl (C=O) groups is 4. The van der Waals surface area contributed by atoms with Crippen LogP contribution in [-0.2, 0) is 28.7 Å². The van der Waals surface area contributed by atoms with Gasteiger partial charge >= 0.3 is 11.9 Å². The summed E-state index contributed by atoms with van der Waals surface area (Å²) in [6, 6.07) is 21.3. The van der Waals surface area contributed by atoms with Crippen LogP contribution in [0, 0.1) is 41.3 Å². The van der Waals surface area contributed by atoms with Crippen molar-refractivity contribution in [1.29, 1.82) is 0 Å². The standard InChI is InChI=1S/C49H49FN6O6/c1-31(2)37(27-44(57)61-3)48(59)55-23-14-22-43(55)47-52-30-41(54-47)34-25-38(32-15-7-5-8-16-32)36(40(50)26-34)20-12-11-19-35-29-51-46(53-35)42-21-13-24-56(42)49(60)39(28-45(58)62-4)33-17-9-6-10-18-33/h5-10,15-18,25-26,29-31,37,39,42-43H,13-14,21-24,27-28H2,1-4H3,(H,51,53)(H,52,54)/t37-,39+,42-,43-/m0/s1. The van der Waals surface area contributed by atoms with Crippen molar-refractivity contribution in [3.8, 4) is 46.1 Å². The Morgan fingerprint density at radius 3 is 2.02 bits per heavy atom. The number of esters is 2. The molecule has 0 unspecified atom stereocenters. The summed E-state index contributed by atoms with van der Waals surface area (Å²) in [6.07, 6.45) is 6.13. The Balaban J connectivity index is 1.10. The van der Waals surface area contributed by atoms with E-state index >= 15 is 4.39 Å². The van der Waals surface area contributed by atoms with Crippen LogP contribution in [0.25, 0.3) is 22.4 Å². The van der Waals surface area contributed by atoms with Crippen molar-refractivity contribution < 1.29 is 33.0 Å². The molecule has 2 amide bonds. The van der Waals surface area contributed by atoms with Gasteiger partial charge in [0.1, 0.15) is 23.2 Å². The van der Waals surface area contributed by atoms with E-state index in [2.05, 4.69) is 43.6 Å². The maximum absolute atomic E-state index is 16.2. The summed E-state index contributed by atoms with van der Waals surface area (Å²) in [5.74, 6) is 9.76. The third-order valence-electron chi connectivity index (χ3n) is 11.7. The number of nitrogens with one attached hydrogen (secondary N) is 2. The number of ether oxygens (including phenoxy) is 2. The normalized spacial score (nSPS) is 16.8. The summed E-state index contributed by atoms with van der Waals surface area (Å²) in [5.41, 5.74) is 3.88. The zero-order valence-electron chi connectivity index (χ0n) is 35.2. The molecule has 0 aliphatic carbocycles. The van der Waals surface area contributed by atoms with Crippen molar-refractivity contribution in [3.05, 3.63) is 119 Å². The van der Waals surface area contributed by atoms with Gasteiger partial charge in [0.15, 0.2) is 0 Å². The van der Waals surface area contributed by atoms with Gasteiger partial charge in [-0.15, -0.1) is 0 Å². The molecule has 2 fully saturated rings. The largest absolute Gasteiger partial charge is 0.469 e. The van der Waals surface area contributed by atoms with Gasteiger partial charge in [-0.05, 0) is 78.5 Å². The average Bonchev–Trinajstić information content (AvgIpc) is 4.14. The van der Waals surface area contributed by atoms with Crippen molar-refractivity contribution in [2.45, 2.75) is 70.4 Å². The van der Waals surface area contributed by atoms with Crippen molar-refractivity contribution in [1.82, 2.24) is 29.7 Å². The maximum Gasteiger partial charge on any atom is 0.306 e. The van der Waals surface area contributed by atoms with Gasteiger partial charge in [0.05, 0.1) is 74.6 Å². The van der Waals surface area contributed by atoms with Crippen molar-refractivity contribution in [3.63, 3.8) is 0 Å². The molecule has 13 heteroatoms. The lowest BCUT2D eigenvalue weighted by Gasteiger charge is -2.29. The molecular formula is C49H49FN6O6. The molecule has 2 aromatic heterocycles. The van der Waals surface area contributed by atoms with Crippen LogP contribution in [0.3, 0.4) is 0 Å². The number of halogens is 1. The van der Waals surface area contributed by atoms with E-state index in [0.29, 0.717) is 60.1 Å². The van der Waals surface area contributed by atoms with Gasteiger partial charge in [-0.2, -0.15) is 0 Å². The van der Waals surface area contributed by atoms with Gasteiger partial charge in [0.2, 0.25) is 11.8 Å². The third-order valence-corrected chi connectivity index (χ3v) is 11.7. The van der Waals surface area contributed by atoms with Crippen molar-refractivity contribution >= 4 is 23.8 Å². The molecule has 318 valence electrons. The van der Waals surface area contributed by atoms with Crippen molar-refractivity contribution in [2.24, 2.45) is 11.8 Å². The van der Waals surface area contributed by atoms with Gasteiger partial charge in [0.25, 0.3) is 0 Å². The molecule has 2 aliphatic rings. The zero-order chi connectivity index (χ0) is 43.8. The molecule has 5 aromatic rings. The summed E-state index contributed by atoms with van der Waals surface area (Å²) in [5, 5.41) is 0. The Hall–Kier alpha value is -6.99. The van der Waals surface area contributed by atoms with E-state index in [1.807, 2.05) is 80.6 Å². The first kappa shape index (κ1) is 43.1. The number of methoxy groups -OCH3 is 2. The van der Waals surface area contributed by atoms with Gasteiger partial charge in [0, 0.05) is 24.2 Å². The summed E-state index contributed by atoms with van der Waals surface area (Å²) in [6.45, 7) is 4.91. The predicted octanol–water partition coefficient (Wildman–Crippen LogP) is 7.52. The number of hydrogen-bond donors (Lipinski definition) is 2. The number of likely N-dealkylation sites (tertiary alicyclic amines) is 2. The molecule has 0 spiro atoms. The first-order valence-electron chi connectivity index (χ1n) is 20.9. The highest BCUT2D eigenvalue weighted by molar-refractivity contribution is 5.89. The number of hydrogen-bond acceptors (Lipinski definition) is 8. The fraction of sp³-hybridized carbons (Fsp3) is 0.347. The second-order valence-electron chi connectivity index (χ2n) is 15.9. The van der Waals surface area contributed by atoms with Crippen LogP contribution in [-0.4, -0.2) is 80.8 Å². The number of aromatic amines is 2. The van der Waals surface area contributed by atoms with Crippen LogP contribution in [0.15, 0.2) is 85.2 Å².